The fourth-order valence-electron chi connectivity index (χ4n) is 1.44. The van der Waals surface area contributed by atoms with Crippen molar-refractivity contribution in [3.05, 3.63) is 5.69 Å². The molecular weight excluding hydrogens is 194 g/mol. The van der Waals surface area contributed by atoms with Gasteiger partial charge in [0.05, 0.1) is 11.4 Å². The number of anilines is 1. The number of rotatable bonds is 1. The van der Waals surface area contributed by atoms with Crippen LogP contribution in [0.25, 0.3) is 5.65 Å². The Hall–Kier alpha value is -1.30. The summed E-state index contributed by atoms with van der Waals surface area (Å²) in [6.07, 6.45) is 0. The molecule has 2 aromatic heterocycles. The summed E-state index contributed by atoms with van der Waals surface area (Å²) >= 11 is 0. The Labute approximate surface area is 83.3 Å². The van der Waals surface area contributed by atoms with Crippen LogP contribution in [0.1, 0.15) is 5.69 Å². The molecule has 0 aliphatic rings. The number of nitrogens with zero attached hydrogens (tertiary/aromatic N) is 3. The first-order valence-corrected chi connectivity index (χ1v) is 8.11. The van der Waals surface area contributed by atoms with E-state index in [4.69, 9.17) is 5.73 Å². The second kappa shape index (κ2) is 2.60. The van der Waals surface area contributed by atoms with E-state index in [-0.39, 0.29) is 0 Å². The highest BCUT2D eigenvalue weighted by Gasteiger charge is 2.25. The number of aromatic nitrogens is 4. The van der Waals surface area contributed by atoms with Crippen LogP contribution in [0.5, 0.6) is 0 Å². The molecule has 0 radical (unpaired) electrons. The number of nitrogens with two attached hydrogens (primary N) is 1. The number of nitrogen functional groups attached to an aromatic ring is 1. The molecule has 0 aliphatic carbocycles. The topological polar surface area (TPSA) is 72.0 Å². The van der Waals surface area contributed by atoms with Gasteiger partial charge in [-0.25, -0.2) is 4.52 Å². The van der Waals surface area contributed by atoms with Gasteiger partial charge in [-0.05, 0) is 6.92 Å². The Morgan fingerprint density at radius 3 is 2.57 bits per heavy atom. The van der Waals surface area contributed by atoms with Gasteiger partial charge in [-0.3, -0.25) is 5.10 Å². The van der Waals surface area contributed by atoms with Crippen LogP contribution in [0.15, 0.2) is 0 Å². The second-order valence-corrected chi connectivity index (χ2v) is 9.50. The smallest absolute Gasteiger partial charge is 0.174 e. The predicted octanol–water partition coefficient (Wildman–Crippen LogP) is 0.493. The molecule has 0 unspecified atom stereocenters. The summed E-state index contributed by atoms with van der Waals surface area (Å²) in [6.45, 7) is 8.60. The summed E-state index contributed by atoms with van der Waals surface area (Å²) in [6, 6.07) is 0. The van der Waals surface area contributed by atoms with E-state index < -0.39 is 8.07 Å². The number of aryl methyl sites for hydroxylation is 1. The van der Waals surface area contributed by atoms with Crippen LogP contribution in [-0.2, 0) is 0 Å². The average Bonchev–Trinajstić information content (AvgIpc) is 2.54. The lowest BCUT2D eigenvalue weighted by molar-refractivity contribution is 0.955. The third-order valence-corrected chi connectivity index (χ3v) is 3.91. The molecule has 0 amide bonds. The number of hydrogen-bond acceptors (Lipinski definition) is 3. The Morgan fingerprint density at radius 1 is 1.36 bits per heavy atom. The lowest BCUT2D eigenvalue weighted by Gasteiger charge is -2.10. The SMILES string of the molecule is Cc1nn2c([Si](C)(C)C)n[nH]c2c1N. The fraction of sp³-hybridized carbons (Fsp3) is 0.500. The first-order valence-electron chi connectivity index (χ1n) is 4.61. The van der Waals surface area contributed by atoms with Crippen molar-refractivity contribution in [2.45, 2.75) is 26.6 Å². The highest BCUT2D eigenvalue weighted by molar-refractivity contribution is 6.87. The minimum Gasteiger partial charge on any atom is -0.394 e. The summed E-state index contributed by atoms with van der Waals surface area (Å²) in [5.41, 5.74) is 9.27. The van der Waals surface area contributed by atoms with E-state index in [1.54, 1.807) is 0 Å². The second-order valence-electron chi connectivity index (χ2n) is 4.56. The molecule has 76 valence electrons. The van der Waals surface area contributed by atoms with Crippen LogP contribution < -0.4 is 11.2 Å². The lowest BCUT2D eigenvalue weighted by Crippen LogP contribution is -2.43. The van der Waals surface area contributed by atoms with Crippen LogP contribution >= 0.6 is 0 Å². The zero-order chi connectivity index (χ0) is 10.5. The normalized spacial score (nSPS) is 12.6. The van der Waals surface area contributed by atoms with Gasteiger partial charge in [0, 0.05) is 0 Å². The van der Waals surface area contributed by atoms with Crippen molar-refractivity contribution in [2.75, 3.05) is 5.73 Å². The van der Waals surface area contributed by atoms with Gasteiger partial charge in [0.15, 0.2) is 5.65 Å². The van der Waals surface area contributed by atoms with Crippen LogP contribution in [-0.4, -0.2) is 27.9 Å². The van der Waals surface area contributed by atoms with Gasteiger partial charge in [0.25, 0.3) is 0 Å². The summed E-state index contributed by atoms with van der Waals surface area (Å²) in [5.74, 6) is 0. The van der Waals surface area contributed by atoms with Crippen molar-refractivity contribution >= 4 is 24.9 Å². The maximum absolute atomic E-state index is 5.86. The monoisotopic (exact) mass is 209 g/mol. The minimum absolute atomic E-state index is 0.696. The van der Waals surface area contributed by atoms with Gasteiger partial charge in [0.2, 0.25) is 0 Å². The molecule has 2 rings (SSSR count). The lowest BCUT2D eigenvalue weighted by atomic mass is 10.4. The molecule has 5 nitrogen and oxygen atoms in total. The molecular formula is C8H15N5Si. The van der Waals surface area contributed by atoms with Gasteiger partial charge in [-0.2, -0.15) is 10.2 Å². The molecule has 3 N–H and O–H groups in total. The van der Waals surface area contributed by atoms with Crippen molar-refractivity contribution in [2.24, 2.45) is 0 Å². The highest BCUT2D eigenvalue weighted by atomic mass is 28.3. The van der Waals surface area contributed by atoms with Gasteiger partial charge in [0.1, 0.15) is 13.5 Å². The molecule has 0 bridgehead atoms. The number of nitrogens with one attached hydrogen (secondary N) is 1. The van der Waals surface area contributed by atoms with Crippen LogP contribution in [0, 0.1) is 6.92 Å². The molecule has 0 aliphatic heterocycles. The first kappa shape index (κ1) is 9.26. The van der Waals surface area contributed by atoms with Crippen LogP contribution in [0.3, 0.4) is 0 Å². The van der Waals surface area contributed by atoms with Crippen molar-refractivity contribution in [1.82, 2.24) is 19.8 Å². The van der Waals surface area contributed by atoms with Crippen molar-refractivity contribution < 1.29 is 0 Å². The molecule has 0 saturated carbocycles. The molecule has 0 saturated heterocycles. The molecule has 0 spiro atoms. The van der Waals surface area contributed by atoms with Crippen LogP contribution in [0.2, 0.25) is 19.6 Å². The van der Waals surface area contributed by atoms with E-state index in [2.05, 4.69) is 34.9 Å². The standard InChI is InChI=1S/C8H15N5Si/c1-5-6(9)7-10-11-8(13(7)12-5)14(2,3)4/h10H,9H2,1-4H3. The number of H-pyrrole nitrogens is 1. The number of hydrogen-bond donors (Lipinski definition) is 2. The van der Waals surface area contributed by atoms with Crippen LogP contribution in [0.4, 0.5) is 5.69 Å². The molecule has 0 fully saturated rings. The van der Waals surface area contributed by atoms with E-state index >= 15 is 0 Å². The third-order valence-electron chi connectivity index (χ3n) is 2.25. The van der Waals surface area contributed by atoms with Gasteiger partial charge in [-0.1, -0.05) is 19.6 Å². The third kappa shape index (κ3) is 1.14. The summed E-state index contributed by atoms with van der Waals surface area (Å²) in [5, 5.41) is 11.6. The van der Waals surface area contributed by atoms with Gasteiger partial charge < -0.3 is 5.73 Å². The fourth-order valence-corrected chi connectivity index (χ4v) is 2.63. The van der Waals surface area contributed by atoms with E-state index in [0.717, 1.165) is 16.8 Å². The van der Waals surface area contributed by atoms with Gasteiger partial charge in [-0.15, -0.1) is 0 Å². The van der Waals surface area contributed by atoms with Gasteiger partial charge >= 0.3 is 0 Å². The number of aromatic amines is 1. The minimum atomic E-state index is -1.45. The maximum atomic E-state index is 5.86. The summed E-state index contributed by atoms with van der Waals surface area (Å²) < 4.78 is 1.84. The first-order chi connectivity index (χ1) is 6.41. The molecule has 0 atom stereocenters. The van der Waals surface area contributed by atoms with E-state index in [1.165, 1.54) is 0 Å². The Kier molecular flexibility index (Phi) is 1.72. The van der Waals surface area contributed by atoms with Crippen molar-refractivity contribution in [1.29, 1.82) is 0 Å². The average molecular weight is 209 g/mol. The predicted molar refractivity (Wildman–Crippen MR) is 59.5 cm³/mol. The maximum Gasteiger partial charge on any atom is 0.174 e. The molecule has 14 heavy (non-hydrogen) atoms. The van der Waals surface area contributed by atoms with E-state index in [0.29, 0.717) is 5.69 Å². The van der Waals surface area contributed by atoms with Crippen molar-refractivity contribution in [3.63, 3.8) is 0 Å². The highest BCUT2D eigenvalue weighted by Crippen LogP contribution is 2.14. The van der Waals surface area contributed by atoms with E-state index in [1.807, 2.05) is 11.4 Å². The summed E-state index contributed by atoms with van der Waals surface area (Å²) in [4.78, 5) is 0. The Bertz CT molecular complexity index is 476. The largest absolute Gasteiger partial charge is 0.394 e. The molecule has 6 heteroatoms. The summed E-state index contributed by atoms with van der Waals surface area (Å²) in [7, 11) is -1.45. The zero-order valence-electron chi connectivity index (χ0n) is 8.92. The van der Waals surface area contributed by atoms with E-state index in [9.17, 15) is 0 Å². The Morgan fingerprint density at radius 2 is 2.00 bits per heavy atom. The quantitative estimate of drug-likeness (QED) is 0.672. The number of fused-ring (bicyclic) bond motifs is 1. The zero-order valence-corrected chi connectivity index (χ0v) is 9.92. The molecule has 2 aromatic rings. The Balaban J connectivity index is 2.76. The molecule has 2 heterocycles. The molecule has 0 aromatic carbocycles. The van der Waals surface area contributed by atoms with Crippen molar-refractivity contribution in [3.8, 4) is 0 Å².